The second kappa shape index (κ2) is 14.0. The number of benzene rings is 2. The molecular weight excluding hydrogens is 717 g/mol. The first-order valence-electron chi connectivity index (χ1n) is 16.5. The van der Waals surface area contributed by atoms with Crippen LogP contribution in [-0.2, 0) is 25.5 Å². The molecule has 0 amide bonds. The van der Waals surface area contributed by atoms with Gasteiger partial charge in [-0.3, -0.25) is 9.98 Å². The summed E-state index contributed by atoms with van der Waals surface area (Å²) in [5.41, 5.74) is 8.87. The van der Waals surface area contributed by atoms with E-state index in [1.54, 1.807) is 0 Å². The summed E-state index contributed by atoms with van der Waals surface area (Å²) < 4.78 is 0. The second-order valence-corrected chi connectivity index (χ2v) is 13.4. The summed E-state index contributed by atoms with van der Waals surface area (Å²) >= 11 is 0. The molecule has 44 heavy (non-hydrogen) atoms. The summed E-state index contributed by atoms with van der Waals surface area (Å²) in [6.45, 7) is 10.9. The Labute approximate surface area is 277 Å². The Morgan fingerprint density at radius 1 is 0.955 bits per heavy atom. The number of para-hydroxylation sites is 1. The van der Waals surface area contributed by atoms with Crippen molar-refractivity contribution in [2.45, 2.75) is 116 Å². The van der Waals surface area contributed by atoms with E-state index in [4.69, 9.17) is 20.3 Å². The molecule has 0 saturated heterocycles. The maximum atomic E-state index is 5.01. The Kier molecular flexibility index (Phi) is 10.4. The number of hydrogen-bond acceptors (Lipinski definition) is 3. The Bertz CT molecular complexity index is 1670. The van der Waals surface area contributed by atoms with E-state index in [2.05, 4.69) is 77.1 Å². The molecule has 0 bridgehead atoms. The Hall–Kier alpha value is -2.88. The van der Waals surface area contributed by atoms with Gasteiger partial charge in [-0.2, -0.15) is 5.70 Å². The smallest absolute Gasteiger partial charge is 0.0502 e. The van der Waals surface area contributed by atoms with Gasteiger partial charge in [-0.1, -0.05) is 125 Å². The molecule has 3 aliphatic carbocycles. The first-order valence-corrected chi connectivity index (χ1v) is 16.5. The number of allylic oxidation sites excluding steroid dienone is 2. The van der Waals surface area contributed by atoms with Crippen LogP contribution in [0, 0.1) is 13.0 Å². The molecule has 4 aromatic rings. The number of pyridine rings is 2. The summed E-state index contributed by atoms with van der Waals surface area (Å²) in [7, 11) is 0. The number of fused-ring (bicyclic) bond motifs is 3. The van der Waals surface area contributed by atoms with Gasteiger partial charge in [0.05, 0.1) is 6.04 Å². The van der Waals surface area contributed by atoms with Crippen LogP contribution >= 0.6 is 0 Å². The van der Waals surface area contributed by atoms with E-state index >= 15 is 0 Å². The Balaban J connectivity index is 0.000000176. The predicted octanol–water partition coefficient (Wildman–Crippen LogP) is 10.6. The number of aryl methyl sites for hydroxylation is 1. The van der Waals surface area contributed by atoms with Crippen LogP contribution in [0.3, 0.4) is 0 Å². The minimum absolute atomic E-state index is 0. The molecule has 2 aromatic heterocycles. The van der Waals surface area contributed by atoms with E-state index in [0.717, 1.165) is 27.9 Å². The minimum atomic E-state index is -0.170. The van der Waals surface area contributed by atoms with Crippen LogP contribution < -0.4 is 0 Å². The zero-order chi connectivity index (χ0) is 30.0. The van der Waals surface area contributed by atoms with Crippen molar-refractivity contribution in [3.8, 4) is 11.3 Å². The first-order chi connectivity index (χ1) is 20.8. The zero-order valence-electron chi connectivity index (χ0n) is 27.0. The molecule has 0 unspecified atom stereocenters. The third-order valence-electron chi connectivity index (χ3n) is 9.48. The van der Waals surface area contributed by atoms with E-state index in [9.17, 15) is 0 Å². The third kappa shape index (κ3) is 7.00. The van der Waals surface area contributed by atoms with E-state index in [-0.39, 0.29) is 25.5 Å². The normalized spacial score (nSPS) is 18.7. The molecule has 3 aliphatic rings. The maximum absolute atomic E-state index is 5.01. The van der Waals surface area contributed by atoms with Gasteiger partial charge in [-0.25, -0.2) is 0 Å². The van der Waals surface area contributed by atoms with Gasteiger partial charge >= 0.3 is 0 Å². The maximum Gasteiger partial charge on any atom is 0.0502 e. The van der Waals surface area contributed by atoms with Crippen LogP contribution in [-0.4, -0.2) is 27.8 Å². The van der Waals surface area contributed by atoms with E-state index < -0.39 is 0 Å². The van der Waals surface area contributed by atoms with Crippen molar-refractivity contribution >= 4 is 27.4 Å². The molecule has 1 radical (unpaired) electrons. The van der Waals surface area contributed by atoms with Crippen LogP contribution in [0.5, 0.6) is 0 Å². The molecular formula is C39H46IrN4-2. The summed E-state index contributed by atoms with van der Waals surface area (Å²) in [5, 5.41) is 8.38. The van der Waals surface area contributed by atoms with Crippen LogP contribution in [0.15, 0.2) is 65.4 Å². The summed E-state index contributed by atoms with van der Waals surface area (Å²) in [4.78, 5) is 14.6. The average molecular weight is 763 g/mol. The molecule has 2 heterocycles. The van der Waals surface area contributed by atoms with Crippen LogP contribution in [0.1, 0.15) is 109 Å². The monoisotopic (exact) mass is 763 g/mol. The topological polar surface area (TPSA) is 52.2 Å². The molecule has 5 heteroatoms. The molecule has 2 fully saturated rings. The van der Waals surface area contributed by atoms with Crippen molar-refractivity contribution in [2.24, 2.45) is 4.99 Å². The van der Waals surface area contributed by atoms with Gasteiger partial charge in [0.15, 0.2) is 0 Å². The van der Waals surface area contributed by atoms with E-state index in [0.29, 0.717) is 12.1 Å². The molecule has 4 nitrogen and oxygen atoms in total. The number of aliphatic imine (C=N–C) groups is 1. The standard InChI is InChI=1S/C22H17N2.C17H29N2.Ir/c1-13-10-15-8-9-23-20-16-12-14-6-4-5-7-18(14)24-21(16)22(2,3)17(11-13)19(15)20;1-14(18-16-9-5-3-6-10-16)13-15(2)19-17-11-7-4-8-12-17;/h4-11H,1-3H3;13,16-17H,3-12H2,1-2H3;/q2*-1;/b;14-13-,19-15?;. The quantitative estimate of drug-likeness (QED) is 0.154. The molecule has 0 spiro atoms. The van der Waals surface area contributed by atoms with Crippen LogP contribution in [0.25, 0.3) is 38.2 Å². The van der Waals surface area contributed by atoms with E-state index in [1.165, 1.54) is 97.5 Å². The Morgan fingerprint density at radius 2 is 1.66 bits per heavy atom. The number of nitrogens with zero attached hydrogens (tertiary/aromatic N) is 4. The third-order valence-corrected chi connectivity index (χ3v) is 9.48. The fourth-order valence-electron chi connectivity index (χ4n) is 7.32. The molecule has 233 valence electrons. The predicted molar refractivity (Wildman–Crippen MR) is 182 cm³/mol. The van der Waals surface area contributed by atoms with Gasteiger partial charge in [0.25, 0.3) is 0 Å². The molecule has 2 saturated carbocycles. The van der Waals surface area contributed by atoms with Gasteiger partial charge in [-0.15, -0.1) is 18.2 Å². The first kappa shape index (κ1) is 32.5. The van der Waals surface area contributed by atoms with Gasteiger partial charge < -0.3 is 10.3 Å². The average Bonchev–Trinajstić information content (AvgIpc) is 3.00. The summed E-state index contributed by atoms with van der Waals surface area (Å²) in [6, 6.07) is 19.6. The summed E-state index contributed by atoms with van der Waals surface area (Å²) in [6.07, 6.45) is 17.4. The van der Waals surface area contributed by atoms with E-state index in [1.807, 2.05) is 18.3 Å². The van der Waals surface area contributed by atoms with Crippen LogP contribution in [0.2, 0.25) is 0 Å². The molecule has 2 aromatic carbocycles. The van der Waals surface area contributed by atoms with Crippen molar-refractivity contribution in [2.75, 3.05) is 0 Å². The molecule has 0 atom stereocenters. The number of hydrogen-bond donors (Lipinski definition) is 0. The van der Waals surface area contributed by atoms with Crippen molar-refractivity contribution in [1.82, 2.24) is 9.97 Å². The van der Waals surface area contributed by atoms with Crippen molar-refractivity contribution in [1.29, 1.82) is 0 Å². The molecule has 7 rings (SSSR count). The number of rotatable bonds is 4. The van der Waals surface area contributed by atoms with Gasteiger partial charge in [0.2, 0.25) is 0 Å². The summed E-state index contributed by atoms with van der Waals surface area (Å²) in [5.74, 6) is 0. The van der Waals surface area contributed by atoms with Gasteiger partial charge in [-0.05, 0) is 60.3 Å². The Morgan fingerprint density at radius 3 is 2.41 bits per heavy atom. The van der Waals surface area contributed by atoms with Crippen molar-refractivity contribution in [3.05, 3.63) is 88.6 Å². The minimum Gasteiger partial charge on any atom is -0.685 e. The second-order valence-electron chi connectivity index (χ2n) is 13.4. The van der Waals surface area contributed by atoms with Gasteiger partial charge in [0.1, 0.15) is 0 Å². The zero-order valence-corrected chi connectivity index (χ0v) is 29.4. The SMILES string of the molecule is CC(/C=C(/C)[N-]C1CCCCC1)=NC1CCCCC1.Cc1cc2c3c(nccc3c1)-c1[c-]c3ccccc3nc1C2(C)C.[Ir]. The van der Waals surface area contributed by atoms with Gasteiger partial charge in [0, 0.05) is 43.1 Å². The molecule has 0 N–H and O–H groups in total. The van der Waals surface area contributed by atoms with Crippen molar-refractivity contribution < 1.29 is 20.1 Å². The number of aromatic nitrogens is 2. The van der Waals surface area contributed by atoms with Crippen molar-refractivity contribution in [3.63, 3.8) is 0 Å². The van der Waals surface area contributed by atoms with Crippen LogP contribution in [0.4, 0.5) is 0 Å². The fraction of sp³-hybridized carbons (Fsp3) is 0.462. The molecule has 0 aliphatic heterocycles. The largest absolute Gasteiger partial charge is 0.685 e. The fourth-order valence-corrected chi connectivity index (χ4v) is 7.32.